The highest BCUT2D eigenvalue weighted by Gasteiger charge is 2.31. The number of nitrogens with one attached hydrogen (secondary N) is 2. The lowest BCUT2D eigenvalue weighted by Gasteiger charge is -2.32. The van der Waals surface area contributed by atoms with Crippen molar-refractivity contribution < 1.29 is 35.1 Å². The van der Waals surface area contributed by atoms with E-state index in [1.54, 1.807) is 0 Å². The summed E-state index contributed by atoms with van der Waals surface area (Å²) in [6.07, 6.45) is 1.47. The molecule has 1 aliphatic heterocycles. The number of piperidine rings is 1. The van der Waals surface area contributed by atoms with E-state index in [4.69, 9.17) is 4.74 Å². The molecule has 1 fully saturated rings. The van der Waals surface area contributed by atoms with E-state index >= 15 is 0 Å². The van der Waals surface area contributed by atoms with Gasteiger partial charge in [-0.15, -0.1) is 0 Å². The van der Waals surface area contributed by atoms with Gasteiger partial charge in [-0.2, -0.15) is 4.37 Å². The largest absolute Gasteiger partial charge is 0.490 e. The van der Waals surface area contributed by atoms with E-state index in [1.807, 2.05) is 4.72 Å². The zero-order valence-corrected chi connectivity index (χ0v) is 18.8. The van der Waals surface area contributed by atoms with Gasteiger partial charge in [0.2, 0.25) is 5.13 Å². The zero-order chi connectivity index (χ0) is 24.5. The van der Waals surface area contributed by atoms with Crippen LogP contribution in [0.2, 0.25) is 0 Å². The summed E-state index contributed by atoms with van der Waals surface area (Å²) in [7, 11) is -4.48. The van der Waals surface area contributed by atoms with E-state index in [2.05, 4.69) is 14.7 Å². The van der Waals surface area contributed by atoms with Crippen molar-refractivity contribution in [1.29, 1.82) is 0 Å². The van der Waals surface area contributed by atoms with E-state index in [1.165, 1.54) is 0 Å². The zero-order valence-electron chi connectivity index (χ0n) is 17.2. The van der Waals surface area contributed by atoms with Crippen LogP contribution in [0.5, 0.6) is 5.75 Å². The Morgan fingerprint density at radius 1 is 1.03 bits per heavy atom. The molecule has 0 radical (unpaired) electrons. The molecule has 2 aromatic carbocycles. The van der Waals surface area contributed by atoms with Gasteiger partial charge in [0.05, 0.1) is 6.61 Å². The van der Waals surface area contributed by atoms with Crippen LogP contribution in [-0.4, -0.2) is 37.5 Å². The van der Waals surface area contributed by atoms with E-state index in [9.17, 15) is 30.4 Å². The Balaban J connectivity index is 1.52. The van der Waals surface area contributed by atoms with Gasteiger partial charge in [0.25, 0.3) is 10.0 Å². The van der Waals surface area contributed by atoms with Crippen molar-refractivity contribution >= 4 is 26.7 Å². The van der Waals surface area contributed by atoms with E-state index < -0.39 is 61.6 Å². The molecule has 182 valence electrons. The third kappa shape index (κ3) is 5.13. The Hall–Kier alpha value is -2.84. The molecule has 2 heterocycles. The molecule has 0 unspecified atom stereocenters. The summed E-state index contributed by atoms with van der Waals surface area (Å²) in [6, 6.07) is 2.32. The maximum absolute atomic E-state index is 14.6. The molecule has 0 saturated carbocycles. The van der Waals surface area contributed by atoms with Crippen molar-refractivity contribution in [2.24, 2.45) is 5.92 Å². The van der Waals surface area contributed by atoms with Crippen LogP contribution in [0.1, 0.15) is 17.9 Å². The highest BCUT2D eigenvalue weighted by molar-refractivity contribution is 7.93. The van der Waals surface area contributed by atoms with Gasteiger partial charge in [-0.3, -0.25) is 4.72 Å². The number of sulfonamides is 1. The first-order valence-corrected chi connectivity index (χ1v) is 12.2. The Labute approximate surface area is 195 Å². The average Bonchev–Trinajstić information content (AvgIpc) is 3.29. The number of aromatic nitrogens is 2. The van der Waals surface area contributed by atoms with Gasteiger partial charge in [0.15, 0.2) is 23.2 Å². The summed E-state index contributed by atoms with van der Waals surface area (Å²) < 4.78 is 106. The van der Waals surface area contributed by atoms with Crippen LogP contribution in [0.3, 0.4) is 0 Å². The molecule has 2 N–H and O–H groups in total. The lowest BCUT2D eigenvalue weighted by atomic mass is 9.81. The predicted octanol–water partition coefficient (Wildman–Crippen LogP) is 3.81. The first-order valence-electron chi connectivity index (χ1n) is 9.92. The van der Waals surface area contributed by atoms with Crippen LogP contribution in [0.15, 0.2) is 35.5 Å². The lowest BCUT2D eigenvalue weighted by Crippen LogP contribution is -2.39. The summed E-state index contributed by atoms with van der Waals surface area (Å²) in [5.41, 5.74) is -0.0372. The maximum Gasteiger partial charge on any atom is 0.266 e. The number of halogens is 5. The number of hydrogen-bond acceptors (Lipinski definition) is 7. The van der Waals surface area contributed by atoms with Crippen molar-refractivity contribution in [2.45, 2.75) is 17.2 Å². The first kappa shape index (κ1) is 24.3. The van der Waals surface area contributed by atoms with Crippen molar-refractivity contribution in [3.63, 3.8) is 0 Å². The van der Waals surface area contributed by atoms with Gasteiger partial charge in [-0.05, 0) is 30.5 Å². The molecule has 4 rings (SSSR count). The number of rotatable bonds is 7. The Bertz CT molecular complexity index is 1290. The number of nitrogens with zero attached hydrogens (tertiary/aromatic N) is 2. The van der Waals surface area contributed by atoms with Gasteiger partial charge in [-0.25, -0.2) is 35.4 Å². The van der Waals surface area contributed by atoms with Crippen LogP contribution < -0.4 is 14.8 Å². The summed E-state index contributed by atoms with van der Waals surface area (Å²) in [6.45, 7) is 0.559. The van der Waals surface area contributed by atoms with Crippen LogP contribution in [0.25, 0.3) is 0 Å². The molecule has 0 spiro atoms. The second-order valence-electron chi connectivity index (χ2n) is 7.52. The number of hydrogen-bond donors (Lipinski definition) is 2. The first-order chi connectivity index (χ1) is 16.2. The molecule has 14 heteroatoms. The van der Waals surface area contributed by atoms with Gasteiger partial charge < -0.3 is 10.1 Å². The van der Waals surface area contributed by atoms with Crippen LogP contribution in [-0.2, 0) is 10.0 Å². The molecule has 7 nitrogen and oxygen atoms in total. The van der Waals surface area contributed by atoms with Gasteiger partial charge in [0.1, 0.15) is 22.9 Å². The molecule has 0 aliphatic carbocycles. The molecule has 34 heavy (non-hydrogen) atoms. The second kappa shape index (κ2) is 9.80. The summed E-state index contributed by atoms with van der Waals surface area (Å²) >= 11 is 0.713. The minimum atomic E-state index is -4.48. The standard InChI is InChI=1S/C20H17F5N4O3S2/c21-13-4-15(23)14(22)3-12(13)11-1-2-26-7-10(11)8-32-18-5-17(25)19(6-16(18)24)34(30,31)29-20-27-9-28-33-20/h3-6,9-11,26H,1-2,7-8H2,(H,27,28,29)/t10-,11+/m1/s1. The Morgan fingerprint density at radius 3 is 2.53 bits per heavy atom. The smallest absolute Gasteiger partial charge is 0.266 e. The number of ether oxygens (including phenoxy) is 1. The summed E-state index contributed by atoms with van der Waals surface area (Å²) in [5, 5.41) is 2.93. The normalized spacial score (nSPS) is 18.6. The van der Waals surface area contributed by atoms with Crippen molar-refractivity contribution in [3.05, 3.63) is 65.2 Å². The van der Waals surface area contributed by atoms with Crippen LogP contribution in [0.4, 0.5) is 27.1 Å². The molecule has 2 atom stereocenters. The van der Waals surface area contributed by atoms with E-state index in [0.29, 0.717) is 49.2 Å². The maximum atomic E-state index is 14.6. The van der Waals surface area contributed by atoms with Crippen LogP contribution in [0, 0.1) is 35.0 Å². The summed E-state index contributed by atoms with van der Waals surface area (Å²) in [4.78, 5) is 2.68. The van der Waals surface area contributed by atoms with E-state index in [-0.39, 0.29) is 17.3 Å². The molecule has 1 aliphatic rings. The molecule has 3 aromatic rings. The highest BCUT2D eigenvalue weighted by Crippen LogP contribution is 2.34. The molecule has 0 amide bonds. The van der Waals surface area contributed by atoms with Crippen molar-refractivity contribution in [1.82, 2.24) is 14.7 Å². The fourth-order valence-electron chi connectivity index (χ4n) is 3.74. The molecule has 1 aromatic heterocycles. The third-order valence-electron chi connectivity index (χ3n) is 5.36. The number of benzene rings is 2. The third-order valence-corrected chi connectivity index (χ3v) is 7.42. The van der Waals surface area contributed by atoms with E-state index in [0.717, 1.165) is 12.4 Å². The molecule has 0 bridgehead atoms. The average molecular weight is 521 g/mol. The fraction of sp³-hybridized carbons (Fsp3) is 0.300. The monoisotopic (exact) mass is 520 g/mol. The Morgan fingerprint density at radius 2 is 1.79 bits per heavy atom. The van der Waals surface area contributed by atoms with Gasteiger partial charge >= 0.3 is 0 Å². The molecular weight excluding hydrogens is 503 g/mol. The van der Waals surface area contributed by atoms with Crippen LogP contribution >= 0.6 is 11.5 Å². The lowest BCUT2D eigenvalue weighted by molar-refractivity contribution is 0.188. The highest BCUT2D eigenvalue weighted by atomic mass is 32.2. The predicted molar refractivity (Wildman–Crippen MR) is 113 cm³/mol. The minimum Gasteiger partial charge on any atom is -0.490 e. The SMILES string of the molecule is O=S(=O)(Nc1ncns1)c1cc(F)c(OC[C@H]2CNCC[C@@H]2c2cc(F)c(F)cc2F)cc1F. The minimum absolute atomic E-state index is 0.0372. The Kier molecular flexibility index (Phi) is 7.00. The quantitative estimate of drug-likeness (QED) is 0.364. The number of anilines is 1. The van der Waals surface area contributed by atoms with Crippen molar-refractivity contribution in [2.75, 3.05) is 24.4 Å². The van der Waals surface area contributed by atoms with Crippen molar-refractivity contribution in [3.8, 4) is 5.75 Å². The second-order valence-corrected chi connectivity index (χ2v) is 9.95. The fourth-order valence-corrected chi connectivity index (χ4v) is 5.47. The van der Waals surface area contributed by atoms with Gasteiger partial charge in [-0.1, -0.05) is 0 Å². The topological polar surface area (TPSA) is 93.2 Å². The van der Waals surface area contributed by atoms with Gasteiger partial charge in [0, 0.05) is 42.2 Å². The molecule has 1 saturated heterocycles. The summed E-state index contributed by atoms with van der Waals surface area (Å²) in [5.74, 6) is -7.43. The molecular formula is C20H17F5N4O3S2.